The molecule has 0 aliphatic heterocycles. The molecule has 1 N–H and O–H groups in total. The van der Waals surface area contributed by atoms with Gasteiger partial charge in [0.25, 0.3) is 0 Å². The zero-order valence-corrected chi connectivity index (χ0v) is 16.3. The Morgan fingerprint density at radius 1 is 0.929 bits per heavy atom. The molecule has 0 radical (unpaired) electrons. The van der Waals surface area contributed by atoms with Crippen LogP contribution in [0.2, 0.25) is 0 Å². The molecule has 148 valence electrons. The molecule has 28 heavy (non-hydrogen) atoms. The van der Waals surface area contributed by atoms with Crippen molar-refractivity contribution >= 4 is 28.8 Å². The van der Waals surface area contributed by atoms with E-state index >= 15 is 0 Å². The lowest BCUT2D eigenvalue weighted by molar-refractivity contribution is -0.116. The first-order valence-electron chi connectivity index (χ1n) is 8.65. The molecule has 0 bridgehead atoms. The van der Waals surface area contributed by atoms with Gasteiger partial charge >= 0.3 is 11.9 Å². The molecule has 0 unspecified atom stereocenters. The van der Waals surface area contributed by atoms with E-state index in [1.54, 1.807) is 62.4 Å². The van der Waals surface area contributed by atoms with Crippen molar-refractivity contribution in [2.75, 3.05) is 6.61 Å². The number of ether oxygens (including phenoxy) is 2. The van der Waals surface area contributed by atoms with E-state index in [1.165, 1.54) is 0 Å². The number of carbonyl (C=O) groups excluding carboxylic acids is 3. The molecule has 0 heterocycles. The Bertz CT molecular complexity index is 863. The maximum absolute atomic E-state index is 12.4. The largest absolute Gasteiger partial charge is 0.459 e. The maximum Gasteiger partial charge on any atom is 0.338 e. The fourth-order valence-electron chi connectivity index (χ4n) is 2.57. The number of aryl methyl sites for hydroxylation is 2. The highest BCUT2D eigenvalue weighted by atomic mass is 35.5. The summed E-state index contributed by atoms with van der Waals surface area (Å²) in [5.74, 6) is -1.33. The van der Waals surface area contributed by atoms with Gasteiger partial charge in [0.15, 0.2) is 0 Å². The minimum Gasteiger partial charge on any atom is -0.459 e. The van der Waals surface area contributed by atoms with E-state index in [2.05, 4.69) is 0 Å². The van der Waals surface area contributed by atoms with Crippen molar-refractivity contribution < 1.29 is 29.0 Å². The van der Waals surface area contributed by atoms with E-state index in [-0.39, 0.29) is 0 Å². The number of halogens is 1. The van der Waals surface area contributed by atoms with Crippen LogP contribution in [0, 0.1) is 13.8 Å². The fourth-order valence-corrected chi connectivity index (χ4v) is 2.72. The monoisotopic (exact) mass is 404 g/mol. The fraction of sp³-hybridized carbons (Fsp3) is 0.286. The number of hydrogen-bond donors (Lipinski definition) is 1. The Kier molecular flexibility index (Phi) is 7.72. The number of hydrogen-bond acceptors (Lipinski definition) is 6. The summed E-state index contributed by atoms with van der Waals surface area (Å²) in [6.45, 7) is 3.04. The lowest BCUT2D eigenvalue weighted by atomic mass is 10.1. The summed E-state index contributed by atoms with van der Waals surface area (Å²) in [7, 11) is 0. The minimum absolute atomic E-state index is 0.304. The molecular weight excluding hydrogens is 384 g/mol. The third-order valence-electron chi connectivity index (χ3n) is 4.16. The summed E-state index contributed by atoms with van der Waals surface area (Å²) in [5, 5.41) is 9.54. The van der Waals surface area contributed by atoms with Crippen LogP contribution in [-0.4, -0.2) is 41.1 Å². The zero-order valence-electron chi connectivity index (χ0n) is 15.6. The summed E-state index contributed by atoms with van der Waals surface area (Å²) in [6, 6.07) is 13.6. The van der Waals surface area contributed by atoms with Gasteiger partial charge in [0.2, 0.25) is 5.24 Å². The minimum atomic E-state index is -1.41. The van der Waals surface area contributed by atoms with Crippen molar-refractivity contribution in [3.63, 3.8) is 0 Å². The SMILES string of the molecule is Cc1ccccc1C(=O)OC[C@@H](O)[C@H](CC(=O)Cl)OC(=O)c1ccccc1C. The molecule has 0 amide bonds. The highest BCUT2D eigenvalue weighted by molar-refractivity contribution is 6.63. The molecule has 2 atom stereocenters. The third-order valence-corrected chi connectivity index (χ3v) is 4.32. The number of aliphatic hydroxyl groups is 1. The maximum atomic E-state index is 12.4. The number of benzene rings is 2. The van der Waals surface area contributed by atoms with Crippen LogP contribution in [0.15, 0.2) is 48.5 Å². The Balaban J connectivity index is 2.04. The molecule has 0 aliphatic rings. The van der Waals surface area contributed by atoms with Gasteiger partial charge in [0.05, 0.1) is 17.5 Å². The Hall–Kier alpha value is -2.70. The second-order valence-electron chi connectivity index (χ2n) is 6.30. The molecule has 0 spiro atoms. The summed E-state index contributed by atoms with van der Waals surface area (Å²) in [5.41, 5.74) is 2.07. The van der Waals surface area contributed by atoms with E-state index in [0.29, 0.717) is 16.7 Å². The molecule has 7 heteroatoms. The first-order chi connectivity index (χ1) is 13.3. The van der Waals surface area contributed by atoms with Gasteiger partial charge in [-0.2, -0.15) is 0 Å². The molecular formula is C21H21ClO6. The summed E-state index contributed by atoms with van der Waals surface area (Å²) >= 11 is 5.41. The number of aliphatic hydroxyl groups excluding tert-OH is 1. The highest BCUT2D eigenvalue weighted by Gasteiger charge is 2.28. The van der Waals surface area contributed by atoms with Crippen LogP contribution in [0.4, 0.5) is 0 Å². The van der Waals surface area contributed by atoms with Gasteiger partial charge in [-0.3, -0.25) is 4.79 Å². The Labute approximate surface area is 168 Å². The van der Waals surface area contributed by atoms with Crippen LogP contribution in [-0.2, 0) is 14.3 Å². The quantitative estimate of drug-likeness (QED) is 0.536. The van der Waals surface area contributed by atoms with Gasteiger partial charge in [-0.15, -0.1) is 0 Å². The van der Waals surface area contributed by atoms with Crippen molar-refractivity contribution in [2.45, 2.75) is 32.5 Å². The Morgan fingerprint density at radius 3 is 1.93 bits per heavy atom. The van der Waals surface area contributed by atoms with Crippen molar-refractivity contribution in [1.82, 2.24) is 0 Å². The molecule has 6 nitrogen and oxygen atoms in total. The molecule has 0 aliphatic carbocycles. The number of esters is 2. The average molecular weight is 405 g/mol. The van der Waals surface area contributed by atoms with Crippen LogP contribution in [0.3, 0.4) is 0 Å². The Morgan fingerprint density at radius 2 is 1.43 bits per heavy atom. The molecule has 2 aromatic carbocycles. The summed E-state index contributed by atoms with van der Waals surface area (Å²) in [4.78, 5) is 35.8. The van der Waals surface area contributed by atoms with Crippen LogP contribution in [0.1, 0.15) is 38.3 Å². The topological polar surface area (TPSA) is 89.9 Å². The van der Waals surface area contributed by atoms with Crippen LogP contribution < -0.4 is 0 Å². The molecule has 2 aromatic rings. The molecule has 2 rings (SSSR count). The number of carbonyl (C=O) groups is 3. The predicted octanol–water partition coefficient (Wildman–Crippen LogP) is 3.20. The second-order valence-corrected chi connectivity index (χ2v) is 6.72. The van der Waals surface area contributed by atoms with Crippen molar-refractivity contribution in [1.29, 1.82) is 0 Å². The lowest BCUT2D eigenvalue weighted by Gasteiger charge is -2.22. The van der Waals surface area contributed by atoms with E-state index in [4.69, 9.17) is 21.1 Å². The predicted molar refractivity (Wildman–Crippen MR) is 103 cm³/mol. The average Bonchev–Trinajstić information content (AvgIpc) is 2.65. The van der Waals surface area contributed by atoms with Gasteiger partial charge in [-0.05, 0) is 48.7 Å². The normalized spacial score (nSPS) is 12.7. The molecule has 0 saturated carbocycles. The van der Waals surface area contributed by atoms with Crippen LogP contribution in [0.5, 0.6) is 0 Å². The smallest absolute Gasteiger partial charge is 0.338 e. The van der Waals surface area contributed by atoms with Gasteiger partial charge < -0.3 is 14.6 Å². The molecule has 0 saturated heterocycles. The first-order valence-corrected chi connectivity index (χ1v) is 9.03. The van der Waals surface area contributed by atoms with Gasteiger partial charge in [0, 0.05) is 0 Å². The van der Waals surface area contributed by atoms with Crippen LogP contribution >= 0.6 is 11.6 Å². The third kappa shape index (κ3) is 5.90. The van der Waals surface area contributed by atoms with E-state index < -0.39 is 42.4 Å². The summed E-state index contributed by atoms with van der Waals surface area (Å²) in [6.07, 6.45) is -3.08. The first kappa shape index (κ1) is 21.6. The standard InChI is InChI=1S/C21H21ClO6/c1-13-7-3-5-9-15(13)20(25)27-12-17(23)18(11-19(22)24)28-21(26)16-10-6-4-8-14(16)2/h3-10,17-18,23H,11-12H2,1-2H3/t17-,18+/m1/s1. The van der Waals surface area contributed by atoms with Crippen LogP contribution in [0.25, 0.3) is 0 Å². The van der Waals surface area contributed by atoms with Gasteiger partial charge in [-0.1, -0.05) is 36.4 Å². The molecule has 0 aromatic heterocycles. The zero-order chi connectivity index (χ0) is 20.7. The number of rotatable bonds is 8. The second kappa shape index (κ2) is 10.0. The van der Waals surface area contributed by atoms with Crippen molar-refractivity contribution in [3.05, 3.63) is 70.8 Å². The summed E-state index contributed by atoms with van der Waals surface area (Å²) < 4.78 is 10.4. The van der Waals surface area contributed by atoms with E-state index in [1.807, 2.05) is 0 Å². The van der Waals surface area contributed by atoms with Gasteiger partial charge in [0.1, 0.15) is 18.8 Å². The molecule has 0 fully saturated rings. The van der Waals surface area contributed by atoms with Gasteiger partial charge in [-0.25, -0.2) is 9.59 Å². The van der Waals surface area contributed by atoms with E-state index in [0.717, 1.165) is 5.56 Å². The van der Waals surface area contributed by atoms with E-state index in [9.17, 15) is 19.5 Å². The van der Waals surface area contributed by atoms with Crippen molar-refractivity contribution in [2.24, 2.45) is 0 Å². The van der Waals surface area contributed by atoms with Crippen molar-refractivity contribution in [3.8, 4) is 0 Å². The highest BCUT2D eigenvalue weighted by Crippen LogP contribution is 2.16. The lowest BCUT2D eigenvalue weighted by Crippen LogP contribution is -2.37.